The van der Waals surface area contributed by atoms with Crippen LogP contribution < -0.4 is 0 Å². The Morgan fingerprint density at radius 1 is 1.10 bits per heavy atom. The number of rotatable bonds is 5. The van der Waals surface area contributed by atoms with Crippen molar-refractivity contribution in [3.05, 3.63) is 36.0 Å². The van der Waals surface area contributed by atoms with Gasteiger partial charge in [0.2, 0.25) is 0 Å². The third-order valence-electron chi connectivity index (χ3n) is 2.65. The Bertz CT molecular complexity index is 389. The van der Waals surface area contributed by atoms with Crippen LogP contribution in [0.25, 0.3) is 0 Å². The fourth-order valence-corrected chi connectivity index (χ4v) is 1.25. The number of ether oxygens (including phenoxy) is 1. The smallest absolute Gasteiger partial charge is 0.377 e. The summed E-state index contributed by atoms with van der Waals surface area (Å²) < 4.78 is 80.3. The number of hydrogen-bond donors (Lipinski definition) is 0. The van der Waals surface area contributed by atoms with Gasteiger partial charge in [0.05, 0.1) is 17.6 Å². The minimum atomic E-state index is -4.89. The average Bonchev–Trinajstić information content (AvgIpc) is 2.30. The number of halogens is 6. The molecule has 0 heterocycles. The molecular weight excluding hydrogens is 286 g/mol. The fourth-order valence-electron chi connectivity index (χ4n) is 1.25. The molecule has 0 fully saturated rings. The molecule has 0 aliphatic heterocycles. The van der Waals surface area contributed by atoms with Gasteiger partial charge < -0.3 is 4.74 Å². The zero-order valence-corrected chi connectivity index (χ0v) is 11.3. The van der Waals surface area contributed by atoms with E-state index in [1.165, 1.54) is 14.0 Å². The van der Waals surface area contributed by atoms with Crippen LogP contribution in [0.15, 0.2) is 36.0 Å². The summed E-state index contributed by atoms with van der Waals surface area (Å²) in [6.07, 6.45) is -8.45. The van der Waals surface area contributed by atoms with E-state index in [2.05, 4.69) is 6.58 Å². The fraction of sp³-hybridized carbons (Fsp3) is 0.538. The lowest BCUT2D eigenvalue weighted by Crippen LogP contribution is -2.21. The largest absolute Gasteiger partial charge is 0.416 e. The van der Waals surface area contributed by atoms with E-state index in [0.717, 1.165) is 6.08 Å². The van der Waals surface area contributed by atoms with Crippen LogP contribution in [-0.2, 0) is 4.74 Å². The van der Waals surface area contributed by atoms with Gasteiger partial charge in [-0.05, 0) is 18.6 Å². The van der Waals surface area contributed by atoms with E-state index in [4.69, 9.17) is 4.74 Å². The number of alkyl halides is 6. The van der Waals surface area contributed by atoms with Crippen LogP contribution >= 0.6 is 0 Å². The maximum Gasteiger partial charge on any atom is 0.416 e. The minimum absolute atomic E-state index is 0.0467. The molecule has 0 N–H and O–H groups in total. The monoisotopic (exact) mass is 302 g/mol. The minimum Gasteiger partial charge on any atom is -0.377 e. The Morgan fingerprint density at radius 3 is 1.90 bits per heavy atom. The Balaban J connectivity index is 5.66. The third kappa shape index (κ3) is 5.81. The number of allylic oxidation sites excluding steroid dienone is 3. The van der Waals surface area contributed by atoms with Crippen molar-refractivity contribution in [1.82, 2.24) is 0 Å². The molecule has 0 radical (unpaired) electrons. The predicted octanol–water partition coefficient (Wildman–Crippen LogP) is 4.82. The molecule has 0 aliphatic rings. The molecule has 20 heavy (non-hydrogen) atoms. The summed E-state index contributed by atoms with van der Waals surface area (Å²) in [5.74, 6) is -2.21. The number of hydrogen-bond acceptors (Lipinski definition) is 1. The first-order chi connectivity index (χ1) is 8.93. The molecular formula is C13H16F6O. The molecule has 2 unspecified atom stereocenters. The van der Waals surface area contributed by atoms with E-state index in [1.807, 2.05) is 0 Å². The van der Waals surface area contributed by atoms with Crippen LogP contribution in [-0.4, -0.2) is 25.6 Å². The summed E-state index contributed by atoms with van der Waals surface area (Å²) in [4.78, 5) is 0. The summed E-state index contributed by atoms with van der Waals surface area (Å²) in [5, 5.41) is 0. The maximum absolute atomic E-state index is 12.8. The Hall–Kier alpha value is -1.24. The van der Waals surface area contributed by atoms with Gasteiger partial charge >= 0.3 is 12.4 Å². The Kier molecular flexibility index (Phi) is 6.53. The van der Waals surface area contributed by atoms with Gasteiger partial charge in [0.25, 0.3) is 0 Å². The molecule has 0 saturated heterocycles. The summed E-state index contributed by atoms with van der Waals surface area (Å²) >= 11 is 0. The third-order valence-corrected chi connectivity index (χ3v) is 2.65. The highest BCUT2D eigenvalue weighted by Crippen LogP contribution is 2.34. The van der Waals surface area contributed by atoms with Gasteiger partial charge in [0, 0.05) is 7.11 Å². The van der Waals surface area contributed by atoms with Gasteiger partial charge in [-0.1, -0.05) is 25.7 Å². The Labute approximate surface area is 113 Å². The zero-order chi connectivity index (χ0) is 16.1. The predicted molar refractivity (Wildman–Crippen MR) is 64.1 cm³/mol. The van der Waals surface area contributed by atoms with E-state index in [-0.39, 0.29) is 11.6 Å². The van der Waals surface area contributed by atoms with Crippen LogP contribution in [0.1, 0.15) is 13.8 Å². The summed E-state index contributed by atoms with van der Waals surface area (Å²) in [7, 11) is 1.28. The highest BCUT2D eigenvalue weighted by molar-refractivity contribution is 5.34. The van der Waals surface area contributed by atoms with E-state index in [9.17, 15) is 26.3 Å². The summed E-state index contributed by atoms with van der Waals surface area (Å²) in [5.41, 5.74) is -1.33. The molecule has 0 aromatic rings. The molecule has 2 atom stereocenters. The van der Waals surface area contributed by atoms with Crippen molar-refractivity contribution in [2.75, 3.05) is 7.11 Å². The molecule has 0 rings (SSSR count). The first-order valence-electron chi connectivity index (χ1n) is 5.66. The van der Waals surface area contributed by atoms with Gasteiger partial charge in [0.15, 0.2) is 0 Å². The van der Waals surface area contributed by atoms with Gasteiger partial charge in [-0.15, -0.1) is 0 Å². The van der Waals surface area contributed by atoms with Gasteiger partial charge in [-0.3, -0.25) is 0 Å². The van der Waals surface area contributed by atoms with Gasteiger partial charge in [-0.25, -0.2) is 0 Å². The van der Waals surface area contributed by atoms with Crippen LogP contribution in [0.5, 0.6) is 0 Å². The van der Waals surface area contributed by atoms with Crippen LogP contribution in [0.4, 0.5) is 26.3 Å². The molecule has 1 nitrogen and oxygen atoms in total. The van der Waals surface area contributed by atoms with Crippen molar-refractivity contribution in [2.45, 2.75) is 32.3 Å². The first-order valence-corrected chi connectivity index (χ1v) is 5.66. The normalized spacial score (nSPS) is 17.9. The highest BCUT2D eigenvalue weighted by atomic mass is 19.4. The van der Waals surface area contributed by atoms with E-state index in [1.54, 1.807) is 0 Å². The van der Waals surface area contributed by atoms with Crippen molar-refractivity contribution in [3.63, 3.8) is 0 Å². The molecule has 7 heteroatoms. The highest BCUT2D eigenvalue weighted by Gasteiger charge is 2.39. The second kappa shape index (κ2) is 6.97. The standard InChI is InChI=1S/C13H16F6O/c1-5-10(9(3)20-4)7-11(13(17,18)19)6-8(2)12(14,15)16/h5-9H,1H2,2-4H3/b10-7+,11-6+. The van der Waals surface area contributed by atoms with E-state index < -0.39 is 29.9 Å². The molecule has 0 bridgehead atoms. The van der Waals surface area contributed by atoms with Crippen LogP contribution in [0.3, 0.4) is 0 Å². The van der Waals surface area contributed by atoms with Crippen molar-refractivity contribution in [3.8, 4) is 0 Å². The van der Waals surface area contributed by atoms with Gasteiger partial charge in [0.1, 0.15) is 0 Å². The van der Waals surface area contributed by atoms with Crippen molar-refractivity contribution in [2.24, 2.45) is 5.92 Å². The van der Waals surface area contributed by atoms with Crippen molar-refractivity contribution >= 4 is 0 Å². The van der Waals surface area contributed by atoms with E-state index in [0.29, 0.717) is 13.0 Å². The first kappa shape index (κ1) is 18.8. The molecule has 0 aliphatic carbocycles. The molecule has 0 spiro atoms. The lowest BCUT2D eigenvalue weighted by molar-refractivity contribution is -0.157. The second-order valence-corrected chi connectivity index (χ2v) is 4.18. The van der Waals surface area contributed by atoms with Crippen LogP contribution in [0.2, 0.25) is 0 Å². The lowest BCUT2D eigenvalue weighted by atomic mass is 10.0. The summed E-state index contributed by atoms with van der Waals surface area (Å²) in [6.45, 7) is 5.45. The molecule has 0 aromatic heterocycles. The Morgan fingerprint density at radius 2 is 1.60 bits per heavy atom. The zero-order valence-electron chi connectivity index (χ0n) is 11.3. The van der Waals surface area contributed by atoms with Crippen molar-refractivity contribution < 1.29 is 31.1 Å². The average molecular weight is 302 g/mol. The second-order valence-electron chi connectivity index (χ2n) is 4.18. The quantitative estimate of drug-likeness (QED) is 0.522. The SMILES string of the molecule is C=C/C(=C\C(=C/C(C)C(F)(F)F)C(F)(F)F)C(C)OC. The molecule has 0 amide bonds. The summed E-state index contributed by atoms with van der Waals surface area (Å²) in [6, 6.07) is 0. The molecule has 0 aromatic carbocycles. The topological polar surface area (TPSA) is 9.23 Å². The molecule has 0 saturated carbocycles. The van der Waals surface area contributed by atoms with E-state index >= 15 is 0 Å². The maximum atomic E-state index is 12.8. The van der Waals surface area contributed by atoms with Crippen molar-refractivity contribution in [1.29, 1.82) is 0 Å². The molecule has 116 valence electrons. The van der Waals surface area contributed by atoms with Crippen LogP contribution in [0, 0.1) is 5.92 Å². The van der Waals surface area contributed by atoms with Gasteiger partial charge in [-0.2, -0.15) is 26.3 Å². The number of methoxy groups -OCH3 is 1. The lowest BCUT2D eigenvalue weighted by Gasteiger charge is -2.17.